The predicted octanol–water partition coefficient (Wildman–Crippen LogP) is 3.53. The van der Waals surface area contributed by atoms with Gasteiger partial charge in [-0.05, 0) is 23.1 Å². The van der Waals surface area contributed by atoms with Crippen molar-refractivity contribution in [3.63, 3.8) is 0 Å². The summed E-state index contributed by atoms with van der Waals surface area (Å²) in [6.07, 6.45) is 0.888. The second-order valence-corrected chi connectivity index (χ2v) is 7.33. The number of carbonyl (C=O) groups excluding carboxylic acids is 1. The third-order valence-corrected chi connectivity index (χ3v) is 5.76. The van der Waals surface area contributed by atoms with E-state index in [0.717, 1.165) is 17.5 Å². The fourth-order valence-corrected chi connectivity index (χ4v) is 4.38. The molecule has 3 aliphatic heterocycles. The van der Waals surface area contributed by atoms with Crippen LogP contribution >= 0.6 is 0 Å². The number of hydrazone groups is 1. The van der Waals surface area contributed by atoms with E-state index in [1.165, 1.54) is 16.8 Å². The van der Waals surface area contributed by atoms with Crippen molar-refractivity contribution < 1.29 is 9.18 Å². The van der Waals surface area contributed by atoms with Crippen molar-refractivity contribution in [2.24, 2.45) is 5.10 Å². The molecule has 2 aromatic carbocycles. The molecule has 1 saturated heterocycles. The van der Waals surface area contributed by atoms with Gasteiger partial charge in [0.25, 0.3) is 0 Å². The van der Waals surface area contributed by atoms with E-state index in [-0.39, 0.29) is 12.1 Å². The summed E-state index contributed by atoms with van der Waals surface area (Å²) < 4.78 is 14.9. The van der Waals surface area contributed by atoms with Gasteiger partial charge in [-0.1, -0.05) is 54.6 Å². The van der Waals surface area contributed by atoms with Gasteiger partial charge in [-0.3, -0.25) is 9.91 Å². The zero-order valence-electron chi connectivity index (χ0n) is 14.9. The van der Waals surface area contributed by atoms with Crippen molar-refractivity contribution in [1.29, 1.82) is 0 Å². The van der Waals surface area contributed by atoms with Gasteiger partial charge in [0.2, 0.25) is 0 Å². The Morgan fingerprint density at radius 1 is 1.04 bits per heavy atom. The smallest absolute Gasteiger partial charge is 0.320 e. The van der Waals surface area contributed by atoms with E-state index in [9.17, 15) is 9.18 Å². The average molecular weight is 364 g/mol. The molecule has 0 saturated carbocycles. The van der Waals surface area contributed by atoms with Gasteiger partial charge < -0.3 is 4.90 Å². The fourth-order valence-electron chi connectivity index (χ4n) is 4.38. The summed E-state index contributed by atoms with van der Waals surface area (Å²) in [5.74, 6) is 0. The molecular formula is C21H21FN4O. The zero-order chi connectivity index (χ0) is 18.4. The number of hydrogen-bond donors (Lipinski definition) is 0. The Kier molecular flexibility index (Phi) is 3.85. The predicted molar refractivity (Wildman–Crippen MR) is 101 cm³/mol. The molecule has 3 heterocycles. The van der Waals surface area contributed by atoms with Crippen LogP contribution in [-0.4, -0.2) is 46.1 Å². The molecule has 138 valence electrons. The average Bonchev–Trinajstić information content (AvgIpc) is 3.29. The van der Waals surface area contributed by atoms with Crippen LogP contribution in [0.25, 0.3) is 0 Å². The molecule has 0 N–H and O–H groups in total. The molecule has 0 aliphatic carbocycles. The number of amides is 2. The Balaban J connectivity index is 1.35. The zero-order valence-corrected chi connectivity index (χ0v) is 14.9. The number of carbonyl (C=O) groups is 1. The summed E-state index contributed by atoms with van der Waals surface area (Å²) in [6, 6.07) is 17.7. The summed E-state index contributed by atoms with van der Waals surface area (Å²) >= 11 is 0. The third-order valence-electron chi connectivity index (χ3n) is 5.76. The molecule has 3 aliphatic rings. The second kappa shape index (κ2) is 6.37. The van der Waals surface area contributed by atoms with Gasteiger partial charge in [0.15, 0.2) is 6.17 Å². The topological polar surface area (TPSA) is 39.2 Å². The van der Waals surface area contributed by atoms with Crippen molar-refractivity contribution >= 4 is 12.4 Å². The highest BCUT2D eigenvalue weighted by Crippen LogP contribution is 2.41. The second-order valence-electron chi connectivity index (χ2n) is 7.33. The van der Waals surface area contributed by atoms with Crippen LogP contribution in [0.5, 0.6) is 0 Å². The van der Waals surface area contributed by atoms with E-state index < -0.39 is 12.3 Å². The Morgan fingerprint density at radius 3 is 2.59 bits per heavy atom. The van der Waals surface area contributed by atoms with Crippen LogP contribution in [0.3, 0.4) is 0 Å². The van der Waals surface area contributed by atoms with Crippen LogP contribution < -0.4 is 0 Å². The van der Waals surface area contributed by atoms with E-state index in [4.69, 9.17) is 0 Å². The molecule has 0 bridgehead atoms. The van der Waals surface area contributed by atoms with Crippen LogP contribution in [-0.2, 0) is 13.0 Å². The number of nitrogens with zero attached hydrogens (tertiary/aromatic N) is 4. The van der Waals surface area contributed by atoms with Crippen LogP contribution in [0.4, 0.5) is 9.18 Å². The first-order chi connectivity index (χ1) is 13.2. The SMILES string of the molecule is O=C(N1CCc2ccccc2C1)N1C=NN2C1[C@H](F)C[C@@H]2c1ccccc1. The first-order valence-corrected chi connectivity index (χ1v) is 9.38. The van der Waals surface area contributed by atoms with Crippen molar-refractivity contribution in [1.82, 2.24) is 14.8 Å². The molecule has 1 unspecified atom stereocenters. The minimum Gasteiger partial charge on any atom is -0.320 e. The summed E-state index contributed by atoms with van der Waals surface area (Å²) in [5, 5.41) is 6.14. The van der Waals surface area contributed by atoms with E-state index in [1.807, 2.05) is 42.5 Å². The van der Waals surface area contributed by atoms with E-state index in [2.05, 4.69) is 17.2 Å². The molecule has 6 heteroatoms. The number of rotatable bonds is 1. The molecule has 27 heavy (non-hydrogen) atoms. The first kappa shape index (κ1) is 16.3. The fraction of sp³-hybridized carbons (Fsp3) is 0.333. The van der Waals surface area contributed by atoms with E-state index in [0.29, 0.717) is 19.5 Å². The van der Waals surface area contributed by atoms with Gasteiger partial charge in [0.1, 0.15) is 12.5 Å². The van der Waals surface area contributed by atoms with Gasteiger partial charge in [-0.15, -0.1) is 0 Å². The molecule has 5 rings (SSSR count). The Labute approximate surface area is 157 Å². The maximum atomic E-state index is 14.9. The molecule has 2 aromatic rings. The maximum Gasteiger partial charge on any atom is 0.327 e. The highest BCUT2D eigenvalue weighted by atomic mass is 19.1. The molecule has 0 aromatic heterocycles. The Hall–Kier alpha value is -2.89. The number of urea groups is 1. The van der Waals surface area contributed by atoms with Gasteiger partial charge in [-0.25, -0.2) is 9.18 Å². The number of halogens is 1. The van der Waals surface area contributed by atoms with Crippen molar-refractivity contribution in [2.75, 3.05) is 6.54 Å². The van der Waals surface area contributed by atoms with Crippen molar-refractivity contribution in [2.45, 2.75) is 37.8 Å². The maximum absolute atomic E-state index is 14.9. The summed E-state index contributed by atoms with van der Waals surface area (Å²) in [4.78, 5) is 16.4. The highest BCUT2D eigenvalue weighted by molar-refractivity contribution is 5.88. The number of benzene rings is 2. The Bertz CT molecular complexity index is 887. The van der Waals surface area contributed by atoms with Crippen LogP contribution in [0.2, 0.25) is 0 Å². The van der Waals surface area contributed by atoms with Gasteiger partial charge in [0.05, 0.1) is 6.04 Å². The molecule has 0 radical (unpaired) electrons. The molecular weight excluding hydrogens is 343 g/mol. The summed E-state index contributed by atoms with van der Waals surface area (Å²) in [5.41, 5.74) is 3.48. The molecule has 1 fully saturated rings. The molecule has 0 spiro atoms. The van der Waals surface area contributed by atoms with Gasteiger partial charge in [0, 0.05) is 19.5 Å². The lowest BCUT2D eigenvalue weighted by molar-refractivity contribution is 0.0920. The minimum atomic E-state index is -1.13. The van der Waals surface area contributed by atoms with Crippen LogP contribution in [0, 0.1) is 0 Å². The summed E-state index contributed by atoms with van der Waals surface area (Å²) in [7, 11) is 0. The first-order valence-electron chi connectivity index (χ1n) is 9.38. The lowest BCUT2D eigenvalue weighted by atomic mass is 10.0. The Morgan fingerprint density at radius 2 is 1.78 bits per heavy atom. The van der Waals surface area contributed by atoms with Crippen molar-refractivity contribution in [3.05, 3.63) is 71.3 Å². The largest absolute Gasteiger partial charge is 0.327 e. The number of alkyl halides is 1. The monoisotopic (exact) mass is 364 g/mol. The molecule has 2 amide bonds. The lowest BCUT2D eigenvalue weighted by Gasteiger charge is -2.34. The van der Waals surface area contributed by atoms with Gasteiger partial charge >= 0.3 is 6.03 Å². The molecule has 5 nitrogen and oxygen atoms in total. The minimum absolute atomic E-state index is 0.137. The highest BCUT2D eigenvalue weighted by Gasteiger charge is 2.50. The van der Waals surface area contributed by atoms with E-state index in [1.54, 1.807) is 9.91 Å². The number of hydrogen-bond acceptors (Lipinski definition) is 3. The van der Waals surface area contributed by atoms with E-state index >= 15 is 0 Å². The van der Waals surface area contributed by atoms with Crippen LogP contribution in [0.1, 0.15) is 29.2 Å². The van der Waals surface area contributed by atoms with Gasteiger partial charge in [-0.2, -0.15) is 5.10 Å². The lowest BCUT2D eigenvalue weighted by Crippen LogP contribution is -2.51. The standard InChI is InChI=1S/C21H21FN4O/c22-18-12-19(16-7-2-1-3-8-16)26-20(18)25(14-23-26)21(27)24-11-10-15-6-4-5-9-17(15)13-24/h1-9,14,18-20H,10-13H2/t18-,19-,20?/m1/s1. The third kappa shape index (κ3) is 2.67. The normalized spacial score (nSPS) is 26.3. The summed E-state index contributed by atoms with van der Waals surface area (Å²) in [6.45, 7) is 1.21. The van der Waals surface area contributed by atoms with Crippen molar-refractivity contribution in [3.8, 4) is 0 Å². The quantitative estimate of drug-likeness (QED) is 0.776. The number of fused-ring (bicyclic) bond motifs is 2. The van der Waals surface area contributed by atoms with Crippen LogP contribution in [0.15, 0.2) is 59.7 Å². The molecule has 3 atom stereocenters.